The molecule has 0 heterocycles. The van der Waals surface area contributed by atoms with Gasteiger partial charge in [0.25, 0.3) is 0 Å². The number of carbonyl (C=O) groups excluding carboxylic acids is 5. The summed E-state index contributed by atoms with van der Waals surface area (Å²) in [4.78, 5) is 61.2. The van der Waals surface area contributed by atoms with Crippen molar-refractivity contribution in [2.24, 2.45) is 5.16 Å². The van der Waals surface area contributed by atoms with Crippen LogP contribution in [0.15, 0.2) is 65.8 Å². The fraction of sp³-hybridized carbons (Fsp3) is 0.308. The maximum absolute atomic E-state index is 12.4. The number of nitrogens with zero attached hydrogens (tertiary/aromatic N) is 1. The van der Waals surface area contributed by atoms with Crippen LogP contribution in [0.25, 0.3) is 0 Å². The van der Waals surface area contributed by atoms with Gasteiger partial charge in [0.05, 0.1) is 12.2 Å². The Morgan fingerprint density at radius 2 is 1.41 bits per heavy atom. The van der Waals surface area contributed by atoms with Crippen molar-refractivity contribution in [3.8, 4) is 0 Å². The minimum atomic E-state index is -0.952. The van der Waals surface area contributed by atoms with E-state index < -0.39 is 23.4 Å². The molecule has 0 aliphatic carbocycles. The highest BCUT2D eigenvalue weighted by Gasteiger charge is 2.25. The fourth-order valence-electron chi connectivity index (χ4n) is 2.60. The highest BCUT2D eigenvalue weighted by Crippen LogP contribution is 2.06. The number of rotatable bonds is 12. The van der Waals surface area contributed by atoms with Crippen molar-refractivity contribution in [1.82, 2.24) is 0 Å². The van der Waals surface area contributed by atoms with Crippen molar-refractivity contribution in [2.75, 3.05) is 6.61 Å². The lowest BCUT2D eigenvalue weighted by Gasteiger charge is -2.05. The monoisotopic (exact) mass is 467 g/mol. The van der Waals surface area contributed by atoms with Crippen LogP contribution in [0.5, 0.6) is 0 Å². The average Bonchev–Trinajstić information content (AvgIpc) is 2.88. The summed E-state index contributed by atoms with van der Waals surface area (Å²) >= 11 is 0. The number of hydrogen-bond donors (Lipinski definition) is 0. The van der Waals surface area contributed by atoms with Gasteiger partial charge < -0.3 is 9.57 Å². The van der Waals surface area contributed by atoms with Crippen LogP contribution in [-0.2, 0) is 24.0 Å². The number of ether oxygens (including phenoxy) is 1. The fourth-order valence-corrected chi connectivity index (χ4v) is 2.60. The van der Waals surface area contributed by atoms with Crippen LogP contribution in [0.3, 0.4) is 0 Å². The molecule has 0 aliphatic heterocycles. The molecule has 0 saturated heterocycles. The first-order chi connectivity index (χ1) is 16.4. The molecule has 0 spiro atoms. The minimum Gasteiger partial charge on any atom is -0.461 e. The van der Waals surface area contributed by atoms with Crippen molar-refractivity contribution in [1.29, 1.82) is 0 Å². The Morgan fingerprint density at radius 1 is 0.824 bits per heavy atom. The van der Waals surface area contributed by atoms with Crippen molar-refractivity contribution in [3.63, 3.8) is 0 Å². The Balaban J connectivity index is 0.000000489. The van der Waals surface area contributed by atoms with E-state index in [0.717, 1.165) is 25.7 Å². The first-order valence-electron chi connectivity index (χ1n) is 11.0. The molecule has 0 aromatic heterocycles. The molecule has 2 aromatic carbocycles. The number of ketones is 2. The van der Waals surface area contributed by atoms with Crippen LogP contribution in [0.2, 0.25) is 0 Å². The SMILES string of the molecule is CCCCCCC(=O)C=O.CCOC(=O)C(=NOC(=O)c1ccccc1)C(=O)c1ccccc1. The Bertz CT molecular complexity index is 969. The predicted octanol–water partition coefficient (Wildman–Crippen LogP) is 4.37. The Labute approximate surface area is 198 Å². The van der Waals surface area contributed by atoms with Gasteiger partial charge in [-0.3, -0.25) is 14.4 Å². The van der Waals surface area contributed by atoms with E-state index in [-0.39, 0.29) is 23.5 Å². The summed E-state index contributed by atoms with van der Waals surface area (Å²) in [7, 11) is 0. The van der Waals surface area contributed by atoms with Gasteiger partial charge in [-0.25, -0.2) is 9.59 Å². The average molecular weight is 468 g/mol. The van der Waals surface area contributed by atoms with Gasteiger partial charge in [-0.05, 0) is 25.5 Å². The second-order valence-electron chi connectivity index (χ2n) is 7.00. The molecular weight excluding hydrogens is 438 g/mol. The van der Waals surface area contributed by atoms with E-state index >= 15 is 0 Å². The van der Waals surface area contributed by atoms with Gasteiger partial charge in [0, 0.05) is 12.0 Å². The lowest BCUT2D eigenvalue weighted by atomic mass is 10.1. The maximum atomic E-state index is 12.4. The van der Waals surface area contributed by atoms with Gasteiger partial charge in [-0.15, -0.1) is 0 Å². The van der Waals surface area contributed by atoms with Gasteiger partial charge in [0.15, 0.2) is 12.1 Å². The number of hydrogen-bond acceptors (Lipinski definition) is 8. The molecule has 8 nitrogen and oxygen atoms in total. The van der Waals surface area contributed by atoms with Gasteiger partial charge in [-0.1, -0.05) is 79.9 Å². The lowest BCUT2D eigenvalue weighted by Crippen LogP contribution is -2.27. The van der Waals surface area contributed by atoms with E-state index in [0.29, 0.717) is 12.7 Å². The molecule has 0 unspecified atom stereocenters. The third-order valence-corrected chi connectivity index (χ3v) is 4.36. The first-order valence-corrected chi connectivity index (χ1v) is 11.0. The van der Waals surface area contributed by atoms with E-state index in [9.17, 15) is 24.0 Å². The number of unbranched alkanes of at least 4 members (excludes halogenated alkanes) is 3. The molecular formula is C26H29NO7. The van der Waals surface area contributed by atoms with Crippen LogP contribution in [0.1, 0.15) is 66.7 Å². The van der Waals surface area contributed by atoms with Crippen molar-refractivity contribution in [3.05, 3.63) is 71.8 Å². The van der Waals surface area contributed by atoms with E-state index in [4.69, 9.17) is 9.57 Å². The maximum Gasteiger partial charge on any atom is 0.365 e. The van der Waals surface area contributed by atoms with Crippen LogP contribution in [0.4, 0.5) is 0 Å². The van der Waals surface area contributed by atoms with Crippen LogP contribution < -0.4 is 0 Å². The molecule has 0 N–H and O–H groups in total. The smallest absolute Gasteiger partial charge is 0.365 e. The standard InChI is InChI=1S/C18H15NO5.C8H14O2/c1-2-23-18(22)15(16(20)13-9-5-3-6-10-13)19-24-17(21)14-11-7-4-8-12-14;1-2-3-4-5-6-8(10)7-9/h3-12H,2H2,1H3;7H,2-6H2,1H3. The summed E-state index contributed by atoms with van der Waals surface area (Å²) < 4.78 is 4.80. The van der Waals surface area contributed by atoms with Gasteiger partial charge in [-0.2, -0.15) is 0 Å². The third-order valence-electron chi connectivity index (χ3n) is 4.36. The molecule has 34 heavy (non-hydrogen) atoms. The summed E-state index contributed by atoms with van der Waals surface area (Å²) in [6, 6.07) is 16.2. The molecule has 180 valence electrons. The summed E-state index contributed by atoms with van der Waals surface area (Å²) in [5, 5.41) is 3.44. The molecule has 0 bridgehead atoms. The molecule has 8 heteroatoms. The number of oxime groups is 1. The highest BCUT2D eigenvalue weighted by molar-refractivity contribution is 6.67. The molecule has 0 saturated carbocycles. The summed E-state index contributed by atoms with van der Waals surface area (Å²) in [5.41, 5.74) is -0.107. The second kappa shape index (κ2) is 16.7. The number of benzene rings is 2. The Hall–Kier alpha value is -3.94. The normalized spacial score (nSPS) is 10.4. The van der Waals surface area contributed by atoms with E-state index in [1.54, 1.807) is 43.3 Å². The Kier molecular flexibility index (Phi) is 13.8. The third kappa shape index (κ3) is 10.6. The quantitative estimate of drug-likeness (QED) is 0.0524. The molecule has 0 fully saturated rings. The molecule has 0 radical (unpaired) electrons. The van der Waals surface area contributed by atoms with Gasteiger partial charge in [0.1, 0.15) is 0 Å². The molecule has 0 amide bonds. The minimum absolute atomic E-state index is 0.0621. The number of aldehydes is 1. The highest BCUT2D eigenvalue weighted by atomic mass is 16.7. The Morgan fingerprint density at radius 3 is 1.94 bits per heavy atom. The number of Topliss-reactive ketones (excluding diaryl/α,β-unsaturated/α-hetero) is 2. The van der Waals surface area contributed by atoms with Gasteiger partial charge >= 0.3 is 11.9 Å². The number of esters is 1. The summed E-state index contributed by atoms with van der Waals surface area (Å²) in [6.07, 6.45) is 5.10. The molecule has 0 atom stereocenters. The molecule has 2 rings (SSSR count). The van der Waals surface area contributed by atoms with Gasteiger partial charge in [0.2, 0.25) is 11.5 Å². The van der Waals surface area contributed by atoms with Crippen LogP contribution in [0, 0.1) is 0 Å². The zero-order valence-corrected chi connectivity index (χ0v) is 19.4. The first kappa shape index (κ1) is 28.1. The molecule has 0 aliphatic rings. The summed E-state index contributed by atoms with van der Waals surface area (Å²) in [6.45, 7) is 3.77. The predicted molar refractivity (Wildman–Crippen MR) is 127 cm³/mol. The van der Waals surface area contributed by atoms with E-state index in [2.05, 4.69) is 12.1 Å². The zero-order chi connectivity index (χ0) is 25.2. The van der Waals surface area contributed by atoms with Crippen molar-refractivity contribution < 1.29 is 33.5 Å². The number of carbonyl (C=O) groups is 5. The van der Waals surface area contributed by atoms with Crippen molar-refractivity contribution >= 4 is 35.5 Å². The van der Waals surface area contributed by atoms with Crippen LogP contribution >= 0.6 is 0 Å². The largest absolute Gasteiger partial charge is 0.461 e. The second-order valence-corrected chi connectivity index (χ2v) is 7.00. The van der Waals surface area contributed by atoms with E-state index in [1.165, 1.54) is 24.3 Å². The van der Waals surface area contributed by atoms with E-state index in [1.807, 2.05) is 0 Å². The topological polar surface area (TPSA) is 116 Å². The van der Waals surface area contributed by atoms with Crippen LogP contribution in [-0.4, -0.2) is 42.1 Å². The van der Waals surface area contributed by atoms with Crippen molar-refractivity contribution in [2.45, 2.75) is 46.0 Å². The summed E-state index contributed by atoms with van der Waals surface area (Å²) in [5.74, 6) is -2.68. The molecule has 2 aromatic rings. The lowest BCUT2D eigenvalue weighted by molar-refractivity contribution is -0.135. The zero-order valence-electron chi connectivity index (χ0n) is 19.4.